The zero-order valence-corrected chi connectivity index (χ0v) is 13.2. The molecule has 0 fully saturated rings. The zero-order valence-electron chi connectivity index (χ0n) is 10.8. The van der Waals surface area contributed by atoms with Crippen molar-refractivity contribution in [3.63, 3.8) is 0 Å². The van der Waals surface area contributed by atoms with Crippen molar-refractivity contribution in [1.82, 2.24) is 5.43 Å². The molecular weight excluding hydrogens is 330 g/mol. The number of rotatable bonds is 6. The van der Waals surface area contributed by atoms with Gasteiger partial charge in [0.25, 0.3) is 0 Å². The molecule has 0 saturated carbocycles. The van der Waals surface area contributed by atoms with E-state index in [-0.39, 0.29) is 5.11 Å². The lowest BCUT2D eigenvalue weighted by molar-refractivity contribution is 0.287. The second-order valence-electron chi connectivity index (χ2n) is 3.42. The van der Waals surface area contributed by atoms with Crippen LogP contribution in [0.4, 0.5) is 0 Å². The van der Waals surface area contributed by atoms with Gasteiger partial charge in [-0.05, 0) is 54.1 Å². The average molecular weight is 346 g/mol. The Labute approximate surface area is 126 Å². The van der Waals surface area contributed by atoms with Crippen LogP contribution in [0.5, 0.6) is 11.5 Å². The van der Waals surface area contributed by atoms with E-state index in [2.05, 4.69) is 38.7 Å². The van der Waals surface area contributed by atoms with Gasteiger partial charge in [0.1, 0.15) is 0 Å². The maximum atomic E-state index is 5.53. The maximum Gasteiger partial charge on any atom is 0.184 e. The Hall–Kier alpha value is -1.34. The number of halogens is 1. The summed E-state index contributed by atoms with van der Waals surface area (Å²) in [4.78, 5) is 0. The van der Waals surface area contributed by atoms with E-state index in [0.29, 0.717) is 24.7 Å². The minimum atomic E-state index is 0.114. The molecule has 1 aromatic rings. The molecule has 0 atom stereocenters. The van der Waals surface area contributed by atoms with Crippen LogP contribution in [0.25, 0.3) is 0 Å². The molecule has 19 heavy (non-hydrogen) atoms. The van der Waals surface area contributed by atoms with Crippen LogP contribution in [-0.2, 0) is 0 Å². The smallest absolute Gasteiger partial charge is 0.184 e. The number of nitrogens with two attached hydrogens (primary N) is 1. The lowest BCUT2D eigenvalue weighted by atomic mass is 10.2. The van der Waals surface area contributed by atoms with E-state index >= 15 is 0 Å². The predicted molar refractivity (Wildman–Crippen MR) is 84.0 cm³/mol. The Kier molecular flexibility index (Phi) is 6.58. The molecule has 1 rings (SSSR count). The largest absolute Gasteiger partial charge is 0.490 e. The van der Waals surface area contributed by atoms with Crippen molar-refractivity contribution < 1.29 is 9.47 Å². The van der Waals surface area contributed by atoms with E-state index in [4.69, 9.17) is 15.2 Å². The minimum absolute atomic E-state index is 0.114. The third kappa shape index (κ3) is 5.04. The molecule has 0 saturated heterocycles. The van der Waals surface area contributed by atoms with Gasteiger partial charge in [-0.1, -0.05) is 0 Å². The van der Waals surface area contributed by atoms with Crippen molar-refractivity contribution in [2.75, 3.05) is 13.2 Å². The molecule has 1 aromatic carbocycles. The van der Waals surface area contributed by atoms with Crippen molar-refractivity contribution >= 4 is 39.5 Å². The molecule has 3 N–H and O–H groups in total. The van der Waals surface area contributed by atoms with Crippen LogP contribution in [-0.4, -0.2) is 24.5 Å². The van der Waals surface area contributed by atoms with Crippen molar-refractivity contribution in [2.24, 2.45) is 10.8 Å². The fourth-order valence-electron chi connectivity index (χ4n) is 1.35. The van der Waals surface area contributed by atoms with Crippen LogP contribution >= 0.6 is 28.1 Å². The van der Waals surface area contributed by atoms with Gasteiger partial charge in [-0.2, -0.15) is 5.10 Å². The fourth-order valence-corrected chi connectivity index (χ4v) is 1.83. The van der Waals surface area contributed by atoms with E-state index in [1.165, 1.54) is 0 Å². The van der Waals surface area contributed by atoms with E-state index in [1.54, 1.807) is 6.21 Å². The number of hydrazone groups is 1. The maximum absolute atomic E-state index is 5.53. The van der Waals surface area contributed by atoms with Gasteiger partial charge in [-0.15, -0.1) is 0 Å². The molecule has 0 aliphatic carbocycles. The van der Waals surface area contributed by atoms with Gasteiger partial charge in [0.05, 0.1) is 19.4 Å². The zero-order chi connectivity index (χ0) is 14.3. The topological polar surface area (TPSA) is 68.9 Å². The monoisotopic (exact) mass is 345 g/mol. The van der Waals surface area contributed by atoms with Gasteiger partial charge in [-0.25, -0.2) is 0 Å². The molecule has 0 unspecified atom stereocenters. The van der Waals surface area contributed by atoms with Crippen LogP contribution in [0.2, 0.25) is 0 Å². The molecule has 104 valence electrons. The number of thiocarbonyl (C=S) groups is 1. The molecule has 0 heterocycles. The van der Waals surface area contributed by atoms with Crippen LogP contribution in [0.15, 0.2) is 21.7 Å². The van der Waals surface area contributed by atoms with Gasteiger partial charge in [-0.3, -0.25) is 5.43 Å². The molecule has 7 heteroatoms. The van der Waals surface area contributed by atoms with E-state index < -0.39 is 0 Å². The summed E-state index contributed by atoms with van der Waals surface area (Å²) >= 11 is 8.11. The molecule has 0 radical (unpaired) electrons. The molecule has 5 nitrogen and oxygen atoms in total. The molecular formula is C12H16BrN3O2S. The summed E-state index contributed by atoms with van der Waals surface area (Å²) in [5, 5.41) is 4.03. The van der Waals surface area contributed by atoms with Crippen molar-refractivity contribution in [3.05, 3.63) is 22.2 Å². The Morgan fingerprint density at radius 2 is 1.95 bits per heavy atom. The number of nitrogens with one attached hydrogen (secondary N) is 1. The lowest BCUT2D eigenvalue weighted by Gasteiger charge is -2.12. The van der Waals surface area contributed by atoms with Gasteiger partial charge in [0.2, 0.25) is 0 Å². The summed E-state index contributed by atoms with van der Waals surface area (Å²) in [6.07, 6.45) is 1.60. The predicted octanol–water partition coefficient (Wildman–Crippen LogP) is 2.41. The number of benzene rings is 1. The number of hydrogen-bond acceptors (Lipinski definition) is 4. The van der Waals surface area contributed by atoms with Crippen LogP contribution < -0.4 is 20.6 Å². The van der Waals surface area contributed by atoms with E-state index in [9.17, 15) is 0 Å². The Morgan fingerprint density at radius 1 is 1.37 bits per heavy atom. The van der Waals surface area contributed by atoms with Gasteiger partial charge in [0.15, 0.2) is 16.6 Å². The van der Waals surface area contributed by atoms with E-state index in [1.807, 2.05) is 26.0 Å². The summed E-state index contributed by atoms with van der Waals surface area (Å²) < 4.78 is 11.9. The second-order valence-corrected chi connectivity index (χ2v) is 4.71. The quantitative estimate of drug-likeness (QED) is 0.470. The first kappa shape index (κ1) is 15.7. The molecule has 0 aliphatic rings. The first-order valence-electron chi connectivity index (χ1n) is 5.76. The van der Waals surface area contributed by atoms with Crippen LogP contribution in [0.3, 0.4) is 0 Å². The SMILES string of the molecule is CCOc1cc(Br)c(/C=N\NC(N)=S)cc1OCC. The number of ether oxygens (including phenoxy) is 2. The third-order valence-corrected chi connectivity index (χ3v) is 2.82. The van der Waals surface area contributed by atoms with Gasteiger partial charge < -0.3 is 15.2 Å². The van der Waals surface area contributed by atoms with Crippen molar-refractivity contribution in [3.8, 4) is 11.5 Å². The first-order valence-corrected chi connectivity index (χ1v) is 6.96. The summed E-state index contributed by atoms with van der Waals surface area (Å²) in [5.41, 5.74) is 8.61. The molecule has 0 aliphatic heterocycles. The highest BCUT2D eigenvalue weighted by Gasteiger charge is 2.09. The van der Waals surface area contributed by atoms with Gasteiger partial charge >= 0.3 is 0 Å². The van der Waals surface area contributed by atoms with Gasteiger partial charge in [0, 0.05) is 10.0 Å². The van der Waals surface area contributed by atoms with Crippen LogP contribution in [0, 0.1) is 0 Å². The highest BCUT2D eigenvalue weighted by Crippen LogP contribution is 2.33. The molecule has 0 bridgehead atoms. The van der Waals surface area contributed by atoms with Crippen molar-refractivity contribution in [1.29, 1.82) is 0 Å². The number of nitrogens with zero attached hydrogens (tertiary/aromatic N) is 1. The fraction of sp³-hybridized carbons (Fsp3) is 0.333. The summed E-state index contributed by atoms with van der Waals surface area (Å²) in [6.45, 7) is 4.97. The Bertz CT molecular complexity index is 480. The van der Waals surface area contributed by atoms with Crippen LogP contribution in [0.1, 0.15) is 19.4 Å². The van der Waals surface area contributed by atoms with Crippen molar-refractivity contribution in [2.45, 2.75) is 13.8 Å². The third-order valence-electron chi connectivity index (χ3n) is 2.04. The summed E-state index contributed by atoms with van der Waals surface area (Å²) in [6, 6.07) is 3.68. The standard InChI is InChI=1S/C12H16BrN3O2S/c1-3-17-10-5-8(7-15-16-12(14)19)9(13)6-11(10)18-4-2/h5-7H,3-4H2,1-2H3,(H3,14,16,19)/b15-7-. The van der Waals surface area contributed by atoms with E-state index in [0.717, 1.165) is 10.0 Å². The molecule has 0 spiro atoms. The highest BCUT2D eigenvalue weighted by atomic mass is 79.9. The minimum Gasteiger partial charge on any atom is -0.490 e. The number of hydrogen-bond donors (Lipinski definition) is 2. The molecule has 0 amide bonds. The summed E-state index contributed by atoms with van der Waals surface area (Å²) in [7, 11) is 0. The lowest BCUT2D eigenvalue weighted by Crippen LogP contribution is -2.24. The Morgan fingerprint density at radius 3 is 2.47 bits per heavy atom. The highest BCUT2D eigenvalue weighted by molar-refractivity contribution is 9.10. The first-order chi connectivity index (χ1) is 9.08. The second kappa shape index (κ2) is 7.96. The Balaban J connectivity index is 3.01. The normalized spacial score (nSPS) is 10.5. The summed E-state index contributed by atoms with van der Waals surface area (Å²) in [5.74, 6) is 1.36. The average Bonchev–Trinajstić information content (AvgIpc) is 2.34. The molecule has 0 aromatic heterocycles.